The molecule has 0 radical (unpaired) electrons. The Morgan fingerprint density at radius 3 is 2.78 bits per heavy atom. The molecule has 0 bridgehead atoms. The number of likely N-dealkylation sites (N-methyl/N-ethyl adjacent to an activating group) is 1. The molecule has 1 aromatic rings. The Labute approximate surface area is 111 Å². The van der Waals surface area contributed by atoms with Gasteiger partial charge in [-0.05, 0) is 44.5 Å². The van der Waals surface area contributed by atoms with Crippen LogP contribution in [-0.2, 0) is 5.41 Å². The molecule has 0 amide bonds. The van der Waals surface area contributed by atoms with Gasteiger partial charge >= 0.3 is 0 Å². The van der Waals surface area contributed by atoms with Crippen LogP contribution in [0.1, 0.15) is 38.7 Å². The Bertz CT molecular complexity index is 392. The third-order valence-corrected chi connectivity index (χ3v) is 4.40. The van der Waals surface area contributed by atoms with Gasteiger partial charge in [0.1, 0.15) is 5.75 Å². The molecule has 2 rings (SSSR count). The minimum absolute atomic E-state index is 0.317. The zero-order chi connectivity index (χ0) is 13.2. The van der Waals surface area contributed by atoms with Gasteiger partial charge in [-0.3, -0.25) is 0 Å². The summed E-state index contributed by atoms with van der Waals surface area (Å²) in [6, 6.07) is 9.31. The van der Waals surface area contributed by atoms with E-state index in [1.807, 2.05) is 6.07 Å². The molecular formula is C16H25NO. The third kappa shape index (κ3) is 2.39. The lowest BCUT2D eigenvalue weighted by Gasteiger charge is -2.29. The van der Waals surface area contributed by atoms with Gasteiger partial charge in [0.05, 0.1) is 7.11 Å². The summed E-state index contributed by atoms with van der Waals surface area (Å²) in [5.74, 6) is 0.977. The molecule has 1 fully saturated rings. The summed E-state index contributed by atoms with van der Waals surface area (Å²) in [4.78, 5) is 2.48. The van der Waals surface area contributed by atoms with Crippen LogP contribution in [0.5, 0.6) is 5.75 Å². The first-order valence-corrected chi connectivity index (χ1v) is 6.96. The molecule has 2 heteroatoms. The van der Waals surface area contributed by atoms with Gasteiger partial charge in [0.25, 0.3) is 0 Å². The summed E-state index contributed by atoms with van der Waals surface area (Å²) in [5, 5.41) is 0. The van der Waals surface area contributed by atoms with Crippen molar-refractivity contribution in [1.29, 1.82) is 0 Å². The molecule has 0 spiro atoms. The van der Waals surface area contributed by atoms with E-state index in [-0.39, 0.29) is 0 Å². The van der Waals surface area contributed by atoms with E-state index in [1.54, 1.807) is 7.11 Å². The largest absolute Gasteiger partial charge is 0.497 e. The molecule has 2 nitrogen and oxygen atoms in total. The quantitative estimate of drug-likeness (QED) is 0.808. The third-order valence-electron chi connectivity index (χ3n) is 4.40. The van der Waals surface area contributed by atoms with Crippen LogP contribution >= 0.6 is 0 Å². The number of ether oxygens (including phenoxy) is 1. The average molecular weight is 247 g/mol. The predicted octanol–water partition coefficient (Wildman–Crippen LogP) is 3.46. The number of hydrogen-bond acceptors (Lipinski definition) is 2. The highest BCUT2D eigenvalue weighted by molar-refractivity contribution is 5.35. The molecule has 1 heterocycles. The zero-order valence-corrected chi connectivity index (χ0v) is 12.1. The molecule has 1 aliphatic rings. The first-order chi connectivity index (χ1) is 8.61. The van der Waals surface area contributed by atoms with Gasteiger partial charge in [-0.15, -0.1) is 0 Å². The van der Waals surface area contributed by atoms with E-state index in [1.165, 1.54) is 24.8 Å². The summed E-state index contributed by atoms with van der Waals surface area (Å²) in [5.41, 5.74) is 1.76. The van der Waals surface area contributed by atoms with Crippen LogP contribution in [0.15, 0.2) is 24.3 Å². The second-order valence-electron chi connectivity index (χ2n) is 5.73. The molecule has 0 aromatic heterocycles. The van der Waals surface area contributed by atoms with Crippen molar-refractivity contribution in [1.82, 2.24) is 4.90 Å². The van der Waals surface area contributed by atoms with Gasteiger partial charge in [-0.2, -0.15) is 0 Å². The van der Waals surface area contributed by atoms with Crippen LogP contribution in [0, 0.1) is 0 Å². The molecule has 0 aliphatic carbocycles. The second-order valence-corrected chi connectivity index (χ2v) is 5.73. The molecule has 2 atom stereocenters. The maximum Gasteiger partial charge on any atom is 0.119 e. The molecule has 1 aliphatic heterocycles. The van der Waals surface area contributed by atoms with Crippen molar-refractivity contribution in [2.45, 2.75) is 44.6 Å². The van der Waals surface area contributed by atoms with E-state index in [0.29, 0.717) is 11.5 Å². The summed E-state index contributed by atoms with van der Waals surface area (Å²) in [6.45, 7) is 5.78. The monoisotopic (exact) mass is 247 g/mol. The summed E-state index contributed by atoms with van der Waals surface area (Å²) in [6.07, 6.45) is 3.75. The average Bonchev–Trinajstić information content (AvgIpc) is 2.66. The molecule has 18 heavy (non-hydrogen) atoms. The maximum atomic E-state index is 5.38. The number of benzene rings is 1. The molecular weight excluding hydrogens is 222 g/mol. The Balaban J connectivity index is 2.35. The standard InChI is InChI=1S/C16H25NO/c1-5-9-16(11-13(2)17(3)12-16)14-7-6-8-15(10-14)18-4/h6-8,10,13H,5,9,11-12H2,1-4H3. The highest BCUT2D eigenvalue weighted by Gasteiger charge is 2.41. The van der Waals surface area contributed by atoms with Crippen molar-refractivity contribution in [3.05, 3.63) is 29.8 Å². The van der Waals surface area contributed by atoms with Gasteiger partial charge in [0.15, 0.2) is 0 Å². The molecule has 0 saturated carbocycles. The number of hydrogen-bond donors (Lipinski definition) is 0. The lowest BCUT2D eigenvalue weighted by Crippen LogP contribution is -2.29. The fourth-order valence-corrected chi connectivity index (χ4v) is 3.39. The SMILES string of the molecule is CCCC1(c2cccc(OC)c2)CC(C)N(C)C1. The number of rotatable bonds is 4. The van der Waals surface area contributed by atoms with Gasteiger partial charge in [0, 0.05) is 18.0 Å². The van der Waals surface area contributed by atoms with E-state index in [0.717, 1.165) is 12.3 Å². The van der Waals surface area contributed by atoms with Crippen LogP contribution in [0.4, 0.5) is 0 Å². The predicted molar refractivity (Wildman–Crippen MR) is 76.3 cm³/mol. The summed E-state index contributed by atoms with van der Waals surface area (Å²) < 4.78 is 5.38. The number of methoxy groups -OCH3 is 1. The van der Waals surface area contributed by atoms with Crippen LogP contribution in [0.25, 0.3) is 0 Å². The van der Waals surface area contributed by atoms with E-state index in [4.69, 9.17) is 4.74 Å². The summed E-state index contributed by atoms with van der Waals surface area (Å²) >= 11 is 0. The topological polar surface area (TPSA) is 12.5 Å². The lowest BCUT2D eigenvalue weighted by atomic mass is 9.75. The molecule has 0 N–H and O–H groups in total. The Morgan fingerprint density at radius 2 is 2.22 bits per heavy atom. The van der Waals surface area contributed by atoms with Crippen molar-refractivity contribution in [2.24, 2.45) is 0 Å². The summed E-state index contributed by atoms with van der Waals surface area (Å²) in [7, 11) is 3.98. The molecule has 100 valence electrons. The van der Waals surface area contributed by atoms with Gasteiger partial charge in [0.2, 0.25) is 0 Å². The maximum absolute atomic E-state index is 5.38. The van der Waals surface area contributed by atoms with E-state index in [2.05, 4.69) is 44.0 Å². The fourth-order valence-electron chi connectivity index (χ4n) is 3.39. The minimum Gasteiger partial charge on any atom is -0.497 e. The highest BCUT2D eigenvalue weighted by Crippen LogP contribution is 2.41. The van der Waals surface area contributed by atoms with Crippen LogP contribution < -0.4 is 4.74 Å². The molecule has 1 aromatic carbocycles. The van der Waals surface area contributed by atoms with Crippen molar-refractivity contribution in [3.8, 4) is 5.75 Å². The van der Waals surface area contributed by atoms with Gasteiger partial charge < -0.3 is 9.64 Å². The number of nitrogens with zero attached hydrogens (tertiary/aromatic N) is 1. The first kappa shape index (κ1) is 13.4. The van der Waals surface area contributed by atoms with Crippen LogP contribution in [-0.4, -0.2) is 31.6 Å². The van der Waals surface area contributed by atoms with Crippen molar-refractivity contribution in [3.63, 3.8) is 0 Å². The fraction of sp³-hybridized carbons (Fsp3) is 0.625. The molecule has 2 unspecified atom stereocenters. The minimum atomic E-state index is 0.317. The zero-order valence-electron chi connectivity index (χ0n) is 12.1. The lowest BCUT2D eigenvalue weighted by molar-refractivity contribution is 0.313. The van der Waals surface area contributed by atoms with Gasteiger partial charge in [-0.1, -0.05) is 25.5 Å². The number of likely N-dealkylation sites (tertiary alicyclic amines) is 1. The van der Waals surface area contributed by atoms with E-state index >= 15 is 0 Å². The highest BCUT2D eigenvalue weighted by atomic mass is 16.5. The van der Waals surface area contributed by atoms with Crippen molar-refractivity contribution in [2.75, 3.05) is 20.7 Å². The van der Waals surface area contributed by atoms with Crippen LogP contribution in [0.3, 0.4) is 0 Å². The first-order valence-electron chi connectivity index (χ1n) is 6.96. The molecule has 1 saturated heterocycles. The van der Waals surface area contributed by atoms with Crippen LogP contribution in [0.2, 0.25) is 0 Å². The normalized spacial score (nSPS) is 28.6. The Morgan fingerprint density at radius 1 is 1.44 bits per heavy atom. The van der Waals surface area contributed by atoms with E-state index < -0.39 is 0 Å². The second kappa shape index (κ2) is 5.31. The van der Waals surface area contributed by atoms with Gasteiger partial charge in [-0.25, -0.2) is 0 Å². The van der Waals surface area contributed by atoms with Crippen molar-refractivity contribution >= 4 is 0 Å². The Hall–Kier alpha value is -1.02. The smallest absolute Gasteiger partial charge is 0.119 e. The van der Waals surface area contributed by atoms with Crippen molar-refractivity contribution < 1.29 is 4.74 Å². The Kier molecular flexibility index (Phi) is 3.96. The van der Waals surface area contributed by atoms with E-state index in [9.17, 15) is 0 Å².